The molecule has 1 N–H and O–H groups in total. The fraction of sp³-hybridized carbons (Fsp3) is 0.296. The summed E-state index contributed by atoms with van der Waals surface area (Å²) in [6, 6.07) is 11.5. The highest BCUT2D eigenvalue weighted by Gasteiger charge is 2.45. The number of ketones is 1. The molecule has 3 heterocycles. The first kappa shape index (κ1) is 23.5. The molecule has 36 heavy (non-hydrogen) atoms. The third-order valence-corrected chi connectivity index (χ3v) is 6.24. The van der Waals surface area contributed by atoms with Gasteiger partial charge in [0.2, 0.25) is 0 Å². The molecular formula is C27H27N3O6. The average molecular weight is 490 g/mol. The van der Waals surface area contributed by atoms with Gasteiger partial charge in [-0.2, -0.15) is 0 Å². The van der Waals surface area contributed by atoms with Crippen LogP contribution in [-0.4, -0.2) is 57.6 Å². The maximum absolute atomic E-state index is 13.3. The van der Waals surface area contributed by atoms with E-state index in [1.165, 1.54) is 4.90 Å². The van der Waals surface area contributed by atoms with Gasteiger partial charge in [-0.15, -0.1) is 0 Å². The molecule has 186 valence electrons. The molecule has 3 aromatic rings. The second-order valence-electron chi connectivity index (χ2n) is 8.51. The number of imidazole rings is 1. The summed E-state index contributed by atoms with van der Waals surface area (Å²) in [6.45, 7) is 4.23. The molecule has 2 aliphatic rings. The van der Waals surface area contributed by atoms with Crippen molar-refractivity contribution in [1.82, 2.24) is 14.5 Å². The van der Waals surface area contributed by atoms with Gasteiger partial charge >= 0.3 is 0 Å². The molecule has 2 aromatic carbocycles. The van der Waals surface area contributed by atoms with Crippen molar-refractivity contribution >= 4 is 17.4 Å². The van der Waals surface area contributed by atoms with Crippen molar-refractivity contribution in [1.29, 1.82) is 0 Å². The van der Waals surface area contributed by atoms with Crippen molar-refractivity contribution in [2.24, 2.45) is 0 Å². The van der Waals surface area contributed by atoms with Crippen LogP contribution in [0.2, 0.25) is 0 Å². The lowest BCUT2D eigenvalue weighted by atomic mass is 9.95. The molecule has 0 radical (unpaired) electrons. The van der Waals surface area contributed by atoms with Crippen LogP contribution in [0.15, 0.2) is 66.8 Å². The summed E-state index contributed by atoms with van der Waals surface area (Å²) in [7, 11) is 0. The molecule has 1 atom stereocenters. The number of ether oxygens (including phenoxy) is 3. The second kappa shape index (κ2) is 10.2. The molecule has 2 aliphatic heterocycles. The predicted octanol–water partition coefficient (Wildman–Crippen LogP) is 3.57. The summed E-state index contributed by atoms with van der Waals surface area (Å²) < 4.78 is 18.7. The van der Waals surface area contributed by atoms with Crippen molar-refractivity contribution in [2.45, 2.75) is 25.9 Å². The summed E-state index contributed by atoms with van der Waals surface area (Å²) in [5.74, 6) is 0.132. The lowest BCUT2D eigenvalue weighted by Gasteiger charge is -2.26. The van der Waals surface area contributed by atoms with Gasteiger partial charge < -0.3 is 28.8 Å². The first-order chi connectivity index (χ1) is 17.6. The fourth-order valence-corrected chi connectivity index (χ4v) is 4.56. The summed E-state index contributed by atoms with van der Waals surface area (Å²) >= 11 is 0. The molecule has 0 saturated carbocycles. The van der Waals surface area contributed by atoms with Crippen molar-refractivity contribution in [3.63, 3.8) is 0 Å². The van der Waals surface area contributed by atoms with Crippen LogP contribution in [0, 0.1) is 0 Å². The minimum Gasteiger partial charge on any atom is -0.507 e. The van der Waals surface area contributed by atoms with E-state index in [0.29, 0.717) is 67.7 Å². The van der Waals surface area contributed by atoms with Crippen molar-refractivity contribution in [2.75, 3.05) is 26.4 Å². The summed E-state index contributed by atoms with van der Waals surface area (Å²) in [5, 5.41) is 11.3. The molecule has 1 aromatic heterocycles. The third-order valence-electron chi connectivity index (χ3n) is 6.24. The smallest absolute Gasteiger partial charge is 0.295 e. The lowest BCUT2D eigenvalue weighted by molar-refractivity contribution is -0.139. The number of fused-ring (bicyclic) bond motifs is 1. The Balaban J connectivity index is 1.52. The van der Waals surface area contributed by atoms with Crippen LogP contribution in [0.25, 0.3) is 5.76 Å². The molecule has 1 fully saturated rings. The SMILES string of the molecule is CCOc1ccc(C2/C(=C(/O)c3ccc4c(c3)OCCO4)C(=O)C(=O)N2CCCn2ccnc2)cc1. The van der Waals surface area contributed by atoms with E-state index in [2.05, 4.69) is 4.98 Å². The number of aryl methyl sites for hydroxylation is 1. The highest BCUT2D eigenvalue weighted by Crippen LogP contribution is 2.41. The monoisotopic (exact) mass is 489 g/mol. The molecule has 0 bridgehead atoms. The van der Waals surface area contributed by atoms with E-state index in [-0.39, 0.29) is 11.3 Å². The summed E-state index contributed by atoms with van der Waals surface area (Å²) in [5.41, 5.74) is 1.13. The number of hydrogen-bond donors (Lipinski definition) is 1. The molecule has 9 heteroatoms. The van der Waals surface area contributed by atoms with Crippen molar-refractivity contribution in [3.8, 4) is 17.2 Å². The Morgan fingerprint density at radius 2 is 1.86 bits per heavy atom. The van der Waals surface area contributed by atoms with Crippen LogP contribution in [0.3, 0.4) is 0 Å². The molecule has 1 amide bonds. The molecule has 1 saturated heterocycles. The number of likely N-dealkylation sites (tertiary alicyclic amines) is 1. The third kappa shape index (κ3) is 4.51. The lowest BCUT2D eigenvalue weighted by Crippen LogP contribution is -2.31. The van der Waals surface area contributed by atoms with Gasteiger partial charge in [0.05, 0.1) is 24.5 Å². The van der Waals surface area contributed by atoms with Crippen LogP contribution < -0.4 is 14.2 Å². The Bertz CT molecular complexity index is 1280. The Morgan fingerprint density at radius 3 is 2.58 bits per heavy atom. The van der Waals surface area contributed by atoms with E-state index in [4.69, 9.17) is 14.2 Å². The zero-order chi connectivity index (χ0) is 25.1. The minimum absolute atomic E-state index is 0.0449. The fourth-order valence-electron chi connectivity index (χ4n) is 4.56. The molecule has 5 rings (SSSR count). The highest BCUT2D eigenvalue weighted by atomic mass is 16.6. The van der Waals surface area contributed by atoms with Crippen LogP contribution in [0.1, 0.15) is 30.5 Å². The number of rotatable bonds is 8. The Morgan fingerprint density at radius 1 is 1.08 bits per heavy atom. The first-order valence-corrected chi connectivity index (χ1v) is 11.9. The zero-order valence-corrected chi connectivity index (χ0v) is 19.9. The zero-order valence-electron chi connectivity index (χ0n) is 19.9. The summed E-state index contributed by atoms with van der Waals surface area (Å²) in [4.78, 5) is 32.0. The number of aliphatic hydroxyl groups excluding tert-OH is 1. The molecule has 0 spiro atoms. The van der Waals surface area contributed by atoms with Crippen molar-refractivity contribution < 1.29 is 28.9 Å². The molecule has 1 unspecified atom stereocenters. The molecule has 9 nitrogen and oxygen atoms in total. The van der Waals surface area contributed by atoms with Gasteiger partial charge in [0.25, 0.3) is 11.7 Å². The Hall–Kier alpha value is -4.27. The van der Waals surface area contributed by atoms with Gasteiger partial charge in [-0.25, -0.2) is 4.98 Å². The number of hydrogen-bond acceptors (Lipinski definition) is 7. The number of benzene rings is 2. The number of nitrogens with zero attached hydrogens (tertiary/aromatic N) is 3. The van der Waals surface area contributed by atoms with Gasteiger partial charge in [0.1, 0.15) is 24.7 Å². The topological polar surface area (TPSA) is 103 Å². The minimum atomic E-state index is -0.739. The number of aliphatic hydroxyl groups is 1. The van der Waals surface area contributed by atoms with Crippen molar-refractivity contribution in [3.05, 3.63) is 77.9 Å². The maximum atomic E-state index is 13.3. The quantitative estimate of drug-likeness (QED) is 0.293. The van der Waals surface area contributed by atoms with Crippen LogP contribution in [-0.2, 0) is 16.1 Å². The average Bonchev–Trinajstić information content (AvgIpc) is 3.51. The van der Waals surface area contributed by atoms with E-state index < -0.39 is 17.7 Å². The van der Waals surface area contributed by atoms with E-state index in [9.17, 15) is 14.7 Å². The van der Waals surface area contributed by atoms with Gasteiger partial charge in [0.15, 0.2) is 11.5 Å². The number of carbonyl (C=O) groups is 2. The van der Waals surface area contributed by atoms with Gasteiger partial charge in [-0.3, -0.25) is 9.59 Å². The Labute approximate surface area is 208 Å². The number of carbonyl (C=O) groups excluding carboxylic acids is 2. The van der Waals surface area contributed by atoms with E-state index in [1.807, 2.05) is 29.8 Å². The molecule has 0 aliphatic carbocycles. The van der Waals surface area contributed by atoms with Gasteiger partial charge in [-0.1, -0.05) is 12.1 Å². The van der Waals surface area contributed by atoms with E-state index in [1.54, 1.807) is 42.9 Å². The normalized spacial score (nSPS) is 18.5. The number of amides is 1. The van der Waals surface area contributed by atoms with Crippen LogP contribution >= 0.6 is 0 Å². The standard InChI is InChI=1S/C27H27N3O6/c1-2-34-20-7-4-18(5-8-20)24-23(25(31)19-6-9-21-22(16-19)36-15-14-35-21)26(32)27(33)30(24)12-3-11-29-13-10-28-17-29/h4-10,13,16-17,24,31H,2-3,11-12,14-15H2,1H3/b25-23-. The van der Waals surface area contributed by atoms with Crippen LogP contribution in [0.4, 0.5) is 0 Å². The van der Waals surface area contributed by atoms with Gasteiger partial charge in [0, 0.05) is 31.0 Å². The molecular weight excluding hydrogens is 462 g/mol. The highest BCUT2D eigenvalue weighted by molar-refractivity contribution is 6.46. The Kier molecular flexibility index (Phi) is 6.62. The maximum Gasteiger partial charge on any atom is 0.295 e. The predicted molar refractivity (Wildman–Crippen MR) is 131 cm³/mol. The largest absolute Gasteiger partial charge is 0.507 e. The van der Waals surface area contributed by atoms with Crippen LogP contribution in [0.5, 0.6) is 17.2 Å². The van der Waals surface area contributed by atoms with Gasteiger partial charge in [-0.05, 0) is 49.2 Å². The summed E-state index contributed by atoms with van der Waals surface area (Å²) in [6.07, 6.45) is 5.86. The number of aromatic nitrogens is 2. The second-order valence-corrected chi connectivity index (χ2v) is 8.51. The van der Waals surface area contributed by atoms with E-state index in [0.717, 1.165) is 0 Å². The number of Topliss-reactive ketones (excluding diaryl/α,β-unsaturated/α-hetero) is 1. The first-order valence-electron chi connectivity index (χ1n) is 11.9. The van der Waals surface area contributed by atoms with E-state index >= 15 is 0 Å².